The Hall–Kier alpha value is -1.63. The van der Waals surface area contributed by atoms with Crippen molar-refractivity contribution >= 4 is 23.2 Å². The van der Waals surface area contributed by atoms with Gasteiger partial charge in [-0.05, 0) is 6.07 Å². The summed E-state index contributed by atoms with van der Waals surface area (Å²) in [6.45, 7) is 0. The molecule has 1 heterocycles. The van der Waals surface area contributed by atoms with E-state index in [2.05, 4.69) is 4.98 Å². The molecule has 0 N–H and O–H groups in total. The highest BCUT2D eigenvalue weighted by Gasteiger charge is 2.16. The summed E-state index contributed by atoms with van der Waals surface area (Å²) in [6, 6.07) is 7.93. The van der Waals surface area contributed by atoms with Gasteiger partial charge in [0, 0.05) is 17.3 Å². The van der Waals surface area contributed by atoms with Crippen LogP contribution in [0.3, 0.4) is 0 Å². The van der Waals surface area contributed by atoms with E-state index >= 15 is 0 Å². The Kier molecular flexibility index (Phi) is 3.28. The van der Waals surface area contributed by atoms with Crippen molar-refractivity contribution in [2.45, 2.75) is 0 Å². The summed E-state index contributed by atoms with van der Waals surface area (Å²) in [6.07, 6.45) is 1.30. The summed E-state index contributed by atoms with van der Waals surface area (Å²) in [4.78, 5) is 3.75. The Morgan fingerprint density at radius 3 is 2.59 bits per heavy atom. The van der Waals surface area contributed by atoms with Crippen LogP contribution in [0.1, 0.15) is 5.56 Å². The molecule has 0 saturated carbocycles. The SMILES string of the molecule is N#Cc1c(Cl)ncc(Cl)c1-c1ccccc1F. The average molecular weight is 267 g/mol. The molecule has 0 aliphatic heterocycles. The van der Waals surface area contributed by atoms with Crippen molar-refractivity contribution in [3.05, 3.63) is 52.0 Å². The van der Waals surface area contributed by atoms with Crippen molar-refractivity contribution < 1.29 is 4.39 Å². The second-order valence-corrected chi connectivity index (χ2v) is 4.00. The molecule has 0 fully saturated rings. The van der Waals surface area contributed by atoms with Crippen LogP contribution in [0.4, 0.5) is 4.39 Å². The highest BCUT2D eigenvalue weighted by atomic mass is 35.5. The smallest absolute Gasteiger partial charge is 0.147 e. The summed E-state index contributed by atoms with van der Waals surface area (Å²) < 4.78 is 13.7. The Balaban J connectivity index is 2.81. The zero-order valence-corrected chi connectivity index (χ0v) is 9.93. The van der Waals surface area contributed by atoms with E-state index < -0.39 is 5.82 Å². The number of nitrogens with zero attached hydrogens (tertiary/aromatic N) is 2. The first-order valence-corrected chi connectivity index (χ1v) is 5.39. The third-order valence-corrected chi connectivity index (χ3v) is 2.81. The van der Waals surface area contributed by atoms with Crippen LogP contribution in [0.2, 0.25) is 10.2 Å². The first-order valence-electron chi connectivity index (χ1n) is 4.64. The molecule has 2 rings (SSSR count). The largest absolute Gasteiger partial charge is 0.242 e. The van der Waals surface area contributed by atoms with Gasteiger partial charge in [0.1, 0.15) is 17.0 Å². The Labute approximate surface area is 107 Å². The van der Waals surface area contributed by atoms with E-state index in [4.69, 9.17) is 28.5 Å². The molecule has 0 unspecified atom stereocenters. The highest BCUT2D eigenvalue weighted by Crippen LogP contribution is 2.34. The van der Waals surface area contributed by atoms with Gasteiger partial charge < -0.3 is 0 Å². The Bertz CT molecular complexity index is 620. The molecule has 5 heteroatoms. The van der Waals surface area contributed by atoms with E-state index in [-0.39, 0.29) is 26.9 Å². The molecule has 0 radical (unpaired) electrons. The minimum absolute atomic E-state index is 0.00940. The predicted octanol–water partition coefficient (Wildman–Crippen LogP) is 4.07. The average Bonchev–Trinajstić information content (AvgIpc) is 2.33. The molecule has 0 saturated heterocycles. The van der Waals surface area contributed by atoms with Crippen LogP contribution in [0.5, 0.6) is 0 Å². The van der Waals surface area contributed by atoms with Crippen LogP contribution >= 0.6 is 23.2 Å². The molecule has 0 bridgehead atoms. The number of nitriles is 1. The summed E-state index contributed by atoms with van der Waals surface area (Å²) in [5, 5.41) is 9.22. The molecular formula is C12H5Cl2FN2. The quantitative estimate of drug-likeness (QED) is 0.730. The second-order valence-electron chi connectivity index (χ2n) is 3.24. The number of benzene rings is 1. The van der Waals surface area contributed by atoms with Crippen LogP contribution in [0, 0.1) is 17.1 Å². The zero-order valence-electron chi connectivity index (χ0n) is 8.42. The Morgan fingerprint density at radius 1 is 1.24 bits per heavy atom. The summed E-state index contributed by atoms with van der Waals surface area (Å²) in [5.74, 6) is -0.465. The normalized spacial score (nSPS) is 10.0. The van der Waals surface area contributed by atoms with Crippen LogP contribution in [0.15, 0.2) is 30.5 Å². The minimum atomic E-state index is -0.465. The minimum Gasteiger partial charge on any atom is -0.242 e. The molecule has 1 aromatic heterocycles. The molecule has 0 amide bonds. The fourth-order valence-electron chi connectivity index (χ4n) is 1.49. The van der Waals surface area contributed by atoms with Crippen LogP contribution in [-0.4, -0.2) is 4.98 Å². The maximum atomic E-state index is 13.7. The lowest BCUT2D eigenvalue weighted by Crippen LogP contribution is -1.93. The third-order valence-electron chi connectivity index (χ3n) is 2.24. The fourth-order valence-corrected chi connectivity index (χ4v) is 1.92. The van der Waals surface area contributed by atoms with E-state index in [1.807, 2.05) is 6.07 Å². The van der Waals surface area contributed by atoms with Gasteiger partial charge in [0.05, 0.1) is 10.6 Å². The van der Waals surface area contributed by atoms with Gasteiger partial charge in [-0.15, -0.1) is 0 Å². The molecule has 1 aromatic carbocycles. The third kappa shape index (κ3) is 2.10. The van der Waals surface area contributed by atoms with Gasteiger partial charge in [-0.1, -0.05) is 41.4 Å². The second kappa shape index (κ2) is 4.70. The number of halogens is 3. The first-order chi connectivity index (χ1) is 8.15. The van der Waals surface area contributed by atoms with Gasteiger partial charge in [0.2, 0.25) is 0 Å². The molecule has 0 spiro atoms. The van der Waals surface area contributed by atoms with Crippen molar-refractivity contribution in [1.82, 2.24) is 4.98 Å². The highest BCUT2D eigenvalue weighted by molar-refractivity contribution is 6.35. The van der Waals surface area contributed by atoms with E-state index in [9.17, 15) is 4.39 Å². The van der Waals surface area contributed by atoms with Crippen LogP contribution in [-0.2, 0) is 0 Å². The van der Waals surface area contributed by atoms with Gasteiger partial charge >= 0.3 is 0 Å². The van der Waals surface area contributed by atoms with Crippen molar-refractivity contribution in [3.8, 4) is 17.2 Å². The number of rotatable bonds is 1. The lowest BCUT2D eigenvalue weighted by atomic mass is 10.0. The summed E-state index contributed by atoms with van der Waals surface area (Å²) in [7, 11) is 0. The maximum absolute atomic E-state index is 13.7. The van der Waals surface area contributed by atoms with Crippen molar-refractivity contribution in [2.24, 2.45) is 0 Å². The van der Waals surface area contributed by atoms with E-state index in [1.165, 1.54) is 18.3 Å². The predicted molar refractivity (Wildman–Crippen MR) is 64.4 cm³/mol. The molecule has 0 atom stereocenters. The van der Waals surface area contributed by atoms with Gasteiger partial charge in [0.25, 0.3) is 0 Å². The fraction of sp³-hybridized carbons (Fsp3) is 0. The van der Waals surface area contributed by atoms with Gasteiger partial charge in [-0.2, -0.15) is 5.26 Å². The number of aromatic nitrogens is 1. The topological polar surface area (TPSA) is 36.7 Å². The molecular weight excluding hydrogens is 262 g/mol. The summed E-state index contributed by atoms with van der Waals surface area (Å²) in [5.41, 5.74) is 0.579. The van der Waals surface area contributed by atoms with Gasteiger partial charge in [-0.25, -0.2) is 9.37 Å². The molecule has 0 aliphatic carbocycles. The van der Waals surface area contributed by atoms with Crippen LogP contribution < -0.4 is 0 Å². The summed E-state index contributed by atoms with van der Waals surface area (Å²) >= 11 is 11.7. The number of pyridine rings is 1. The maximum Gasteiger partial charge on any atom is 0.147 e. The van der Waals surface area contributed by atoms with E-state index in [0.29, 0.717) is 0 Å². The molecule has 17 heavy (non-hydrogen) atoms. The van der Waals surface area contributed by atoms with E-state index in [1.54, 1.807) is 12.1 Å². The van der Waals surface area contributed by atoms with Crippen molar-refractivity contribution in [2.75, 3.05) is 0 Å². The lowest BCUT2D eigenvalue weighted by molar-refractivity contribution is 0.631. The van der Waals surface area contributed by atoms with E-state index in [0.717, 1.165) is 0 Å². The first kappa shape index (κ1) is 11.8. The Morgan fingerprint density at radius 2 is 1.94 bits per heavy atom. The van der Waals surface area contributed by atoms with Gasteiger partial charge in [0.15, 0.2) is 0 Å². The number of hydrogen-bond acceptors (Lipinski definition) is 2. The van der Waals surface area contributed by atoms with Gasteiger partial charge in [-0.3, -0.25) is 0 Å². The number of hydrogen-bond donors (Lipinski definition) is 0. The monoisotopic (exact) mass is 266 g/mol. The lowest BCUT2D eigenvalue weighted by Gasteiger charge is -2.08. The molecule has 2 nitrogen and oxygen atoms in total. The van der Waals surface area contributed by atoms with Crippen molar-refractivity contribution in [3.63, 3.8) is 0 Å². The molecule has 0 aliphatic rings. The standard InChI is InChI=1S/C12H5Cl2FN2/c13-9-6-17-12(14)8(5-16)11(9)7-3-1-2-4-10(7)15/h1-4,6H. The molecule has 84 valence electrons. The van der Waals surface area contributed by atoms with Crippen LogP contribution in [0.25, 0.3) is 11.1 Å². The zero-order chi connectivity index (χ0) is 12.4. The van der Waals surface area contributed by atoms with Crippen molar-refractivity contribution in [1.29, 1.82) is 5.26 Å². The molecule has 2 aromatic rings.